The van der Waals surface area contributed by atoms with Crippen molar-refractivity contribution in [1.29, 1.82) is 0 Å². The molecule has 0 aliphatic heterocycles. The van der Waals surface area contributed by atoms with E-state index >= 15 is 0 Å². The van der Waals surface area contributed by atoms with E-state index in [2.05, 4.69) is 24.9 Å². The number of hydrogen-bond acceptors (Lipinski definition) is 2. The van der Waals surface area contributed by atoms with Crippen LogP contribution in [0.25, 0.3) is 0 Å². The van der Waals surface area contributed by atoms with Crippen LogP contribution in [0.3, 0.4) is 0 Å². The second-order valence-electron chi connectivity index (χ2n) is 3.44. The highest BCUT2D eigenvalue weighted by Gasteiger charge is 1.92. The Morgan fingerprint density at radius 2 is 1.93 bits per heavy atom. The molecule has 0 N–H and O–H groups in total. The van der Waals surface area contributed by atoms with E-state index in [9.17, 15) is 0 Å². The predicted octanol–water partition coefficient (Wildman–Crippen LogP) is 3.74. The second-order valence-corrected chi connectivity index (χ2v) is 3.44. The van der Waals surface area contributed by atoms with E-state index in [0.29, 0.717) is 0 Å². The first-order chi connectivity index (χ1) is 7.24. The molecule has 0 heterocycles. The summed E-state index contributed by atoms with van der Waals surface area (Å²) in [6.45, 7) is 7.03. The van der Waals surface area contributed by atoms with Gasteiger partial charge in [0.1, 0.15) is 5.76 Å². The fourth-order valence-corrected chi connectivity index (χ4v) is 0.959. The Balaban J connectivity index is 4.29. The van der Waals surface area contributed by atoms with Crippen LogP contribution in [0.15, 0.2) is 29.0 Å². The summed E-state index contributed by atoms with van der Waals surface area (Å²) in [7, 11) is 1.79. The summed E-state index contributed by atoms with van der Waals surface area (Å²) in [5.74, 6) is 0.960. The molecule has 2 nitrogen and oxygen atoms in total. The van der Waals surface area contributed by atoms with Gasteiger partial charge in [0.05, 0.1) is 6.61 Å². The minimum absolute atomic E-state index is 0.780. The number of aliphatic imine (C=N–C) groups is 1. The molecule has 0 amide bonds. The molecule has 0 atom stereocenters. The van der Waals surface area contributed by atoms with Gasteiger partial charge in [0.2, 0.25) is 0 Å². The normalized spacial score (nSPS) is 13.6. The van der Waals surface area contributed by atoms with Gasteiger partial charge in [-0.05, 0) is 38.0 Å². The van der Waals surface area contributed by atoms with E-state index in [0.717, 1.165) is 37.3 Å². The maximum Gasteiger partial charge on any atom is 0.115 e. The number of rotatable bonds is 7. The van der Waals surface area contributed by atoms with E-state index in [1.165, 1.54) is 0 Å². The molecule has 0 aliphatic rings. The number of nitrogens with zero attached hydrogens (tertiary/aromatic N) is 1. The van der Waals surface area contributed by atoms with Crippen LogP contribution in [0.1, 0.15) is 40.0 Å². The number of hydrogen-bond donors (Lipinski definition) is 0. The molecule has 15 heavy (non-hydrogen) atoms. The van der Waals surface area contributed by atoms with Gasteiger partial charge in [-0.2, -0.15) is 0 Å². The van der Waals surface area contributed by atoms with Crippen molar-refractivity contribution >= 4 is 5.71 Å². The van der Waals surface area contributed by atoms with Gasteiger partial charge in [-0.15, -0.1) is 0 Å². The van der Waals surface area contributed by atoms with Crippen LogP contribution in [0, 0.1) is 0 Å². The summed E-state index contributed by atoms with van der Waals surface area (Å²) in [6, 6.07) is 0. The molecule has 0 saturated heterocycles. The summed E-state index contributed by atoms with van der Waals surface area (Å²) < 4.78 is 5.61. The van der Waals surface area contributed by atoms with Crippen LogP contribution in [0.5, 0.6) is 0 Å². The molecule has 86 valence electrons. The van der Waals surface area contributed by atoms with E-state index in [1.54, 1.807) is 7.05 Å². The first kappa shape index (κ1) is 13.9. The van der Waals surface area contributed by atoms with Gasteiger partial charge in [-0.3, -0.25) is 4.99 Å². The van der Waals surface area contributed by atoms with Crippen LogP contribution in [0.4, 0.5) is 0 Å². The Labute approximate surface area is 93.7 Å². The molecule has 0 bridgehead atoms. The van der Waals surface area contributed by atoms with Crippen LogP contribution in [0.2, 0.25) is 0 Å². The molecule has 0 aromatic heterocycles. The molecule has 0 aromatic rings. The van der Waals surface area contributed by atoms with Crippen molar-refractivity contribution in [2.24, 2.45) is 4.99 Å². The Bertz CT molecular complexity index is 239. The minimum Gasteiger partial charge on any atom is -0.494 e. The quantitative estimate of drug-likeness (QED) is 0.355. The number of allylic oxidation sites excluding steroid dienone is 3. The topological polar surface area (TPSA) is 21.6 Å². The summed E-state index contributed by atoms with van der Waals surface area (Å²) in [6.07, 6.45) is 9.36. The third-order valence-corrected chi connectivity index (χ3v) is 1.95. The maximum absolute atomic E-state index is 5.61. The fraction of sp³-hybridized carbons (Fsp3) is 0.615. The monoisotopic (exact) mass is 209 g/mol. The maximum atomic E-state index is 5.61. The first-order valence-corrected chi connectivity index (χ1v) is 5.69. The molecule has 0 fully saturated rings. The van der Waals surface area contributed by atoms with Crippen molar-refractivity contribution in [1.82, 2.24) is 0 Å². The van der Waals surface area contributed by atoms with Crippen molar-refractivity contribution in [3.8, 4) is 0 Å². The fourth-order valence-electron chi connectivity index (χ4n) is 0.959. The zero-order chi connectivity index (χ0) is 11.5. The molecular formula is C13H23NO. The van der Waals surface area contributed by atoms with Crippen LogP contribution < -0.4 is 0 Å². The second kappa shape index (κ2) is 9.50. The molecule has 2 heteroatoms. The highest BCUT2D eigenvalue weighted by Crippen LogP contribution is 2.04. The Morgan fingerprint density at radius 1 is 1.20 bits per heavy atom. The van der Waals surface area contributed by atoms with Gasteiger partial charge in [0, 0.05) is 12.8 Å². The van der Waals surface area contributed by atoms with E-state index in [1.807, 2.05) is 19.1 Å². The van der Waals surface area contributed by atoms with Crippen LogP contribution >= 0.6 is 0 Å². The van der Waals surface area contributed by atoms with E-state index < -0.39 is 0 Å². The molecule has 0 rings (SSSR count). The zero-order valence-electron chi connectivity index (χ0n) is 10.4. The third-order valence-electron chi connectivity index (χ3n) is 1.95. The van der Waals surface area contributed by atoms with Gasteiger partial charge in [0.25, 0.3) is 0 Å². The first-order valence-electron chi connectivity index (χ1n) is 5.69. The lowest BCUT2D eigenvalue weighted by Gasteiger charge is -2.05. The van der Waals surface area contributed by atoms with Gasteiger partial charge >= 0.3 is 0 Å². The van der Waals surface area contributed by atoms with E-state index in [4.69, 9.17) is 4.74 Å². The van der Waals surface area contributed by atoms with Crippen LogP contribution in [-0.4, -0.2) is 19.4 Å². The predicted molar refractivity (Wildman–Crippen MR) is 67.4 cm³/mol. The number of ether oxygens (including phenoxy) is 1. The van der Waals surface area contributed by atoms with Crippen molar-refractivity contribution in [3.63, 3.8) is 0 Å². The standard InChI is InChI=1S/C13H23NO/c1-5-7-8-13(15-11-6-2)10-9-12(3)14-4/h8-10H,5-7,11H2,1-4H3/b10-9-,13-8-,14-12-. The molecule has 0 saturated carbocycles. The lowest BCUT2D eigenvalue weighted by molar-refractivity contribution is 0.223. The Hall–Kier alpha value is -1.05. The summed E-state index contributed by atoms with van der Waals surface area (Å²) in [5, 5.41) is 0. The van der Waals surface area contributed by atoms with Crippen LogP contribution in [-0.2, 0) is 4.74 Å². The van der Waals surface area contributed by atoms with Gasteiger partial charge in [0.15, 0.2) is 0 Å². The summed E-state index contributed by atoms with van der Waals surface area (Å²) in [4.78, 5) is 4.07. The molecule has 0 unspecified atom stereocenters. The largest absolute Gasteiger partial charge is 0.494 e. The van der Waals surface area contributed by atoms with Gasteiger partial charge < -0.3 is 4.74 Å². The highest BCUT2D eigenvalue weighted by molar-refractivity contribution is 5.92. The SMILES string of the molecule is CCC/C=C(/C=C\C(C)=N/C)OCCC. The minimum atomic E-state index is 0.780. The molecule has 0 radical (unpaired) electrons. The zero-order valence-corrected chi connectivity index (χ0v) is 10.4. The van der Waals surface area contributed by atoms with Crippen molar-refractivity contribution in [2.45, 2.75) is 40.0 Å². The average Bonchev–Trinajstić information content (AvgIpc) is 2.27. The lowest BCUT2D eigenvalue weighted by Crippen LogP contribution is -1.92. The van der Waals surface area contributed by atoms with E-state index in [-0.39, 0.29) is 0 Å². The number of unbranched alkanes of at least 4 members (excludes halogenated alkanes) is 1. The molecular weight excluding hydrogens is 186 g/mol. The molecule has 0 aromatic carbocycles. The third kappa shape index (κ3) is 7.98. The van der Waals surface area contributed by atoms with Gasteiger partial charge in [-0.25, -0.2) is 0 Å². The summed E-state index contributed by atoms with van der Waals surface area (Å²) in [5.41, 5.74) is 1.01. The smallest absolute Gasteiger partial charge is 0.115 e. The summed E-state index contributed by atoms with van der Waals surface area (Å²) >= 11 is 0. The van der Waals surface area contributed by atoms with Gasteiger partial charge in [-0.1, -0.05) is 20.3 Å². The van der Waals surface area contributed by atoms with Crippen molar-refractivity contribution < 1.29 is 4.74 Å². The van der Waals surface area contributed by atoms with Crippen molar-refractivity contribution in [2.75, 3.05) is 13.7 Å². The lowest BCUT2D eigenvalue weighted by atomic mass is 10.2. The highest BCUT2D eigenvalue weighted by atomic mass is 16.5. The Kier molecular flexibility index (Phi) is 8.84. The molecule has 0 spiro atoms. The molecule has 0 aliphatic carbocycles. The Morgan fingerprint density at radius 3 is 2.47 bits per heavy atom. The average molecular weight is 209 g/mol. The van der Waals surface area contributed by atoms with Crippen molar-refractivity contribution in [3.05, 3.63) is 24.0 Å².